The molecule has 2 heterocycles. The summed E-state index contributed by atoms with van der Waals surface area (Å²) < 4.78 is 1.69. The van der Waals surface area contributed by atoms with Gasteiger partial charge in [-0.15, -0.1) is 0 Å². The van der Waals surface area contributed by atoms with Crippen LogP contribution < -0.4 is 0 Å². The van der Waals surface area contributed by atoms with E-state index < -0.39 is 0 Å². The predicted molar refractivity (Wildman–Crippen MR) is 57.1 cm³/mol. The van der Waals surface area contributed by atoms with Crippen molar-refractivity contribution in [3.8, 4) is 0 Å². The fourth-order valence-electron chi connectivity index (χ4n) is 1.02. The van der Waals surface area contributed by atoms with E-state index in [-0.39, 0.29) is 0 Å². The normalized spacial score (nSPS) is 28.8. The quantitative estimate of drug-likeness (QED) is 0.541. The third-order valence-electron chi connectivity index (χ3n) is 1.65. The van der Waals surface area contributed by atoms with Gasteiger partial charge in [-0.25, -0.2) is 0 Å². The molecule has 2 aliphatic rings. The predicted octanol–water partition coefficient (Wildman–Crippen LogP) is 0.0294. The molecule has 2 fully saturated rings. The molecular weight excluding hydrogens is 335 g/mol. The van der Waals surface area contributed by atoms with Gasteiger partial charge in [0.1, 0.15) is 0 Å². The van der Waals surface area contributed by atoms with E-state index in [0.717, 1.165) is 20.1 Å². The average Bonchev–Trinajstić information content (AvgIpc) is 2.67. The van der Waals surface area contributed by atoms with Crippen molar-refractivity contribution in [3.05, 3.63) is 0 Å². The van der Waals surface area contributed by atoms with Crippen LogP contribution in [0.25, 0.3) is 0 Å². The zero-order chi connectivity index (χ0) is 7.07. The van der Waals surface area contributed by atoms with E-state index in [1.165, 1.54) is 14.3 Å². The Morgan fingerprint density at radius 1 is 1.20 bits per heavy atom. The summed E-state index contributed by atoms with van der Waals surface area (Å²) in [5, 5.41) is 1.62. The topological polar surface area (TPSA) is 0 Å². The summed E-state index contributed by atoms with van der Waals surface area (Å²) in [5.74, 6) is 0. The van der Waals surface area contributed by atoms with Crippen molar-refractivity contribution in [3.63, 3.8) is 0 Å². The van der Waals surface area contributed by atoms with Crippen molar-refractivity contribution in [1.82, 2.24) is 0 Å². The van der Waals surface area contributed by atoms with Gasteiger partial charge in [0.15, 0.2) is 0 Å². The van der Waals surface area contributed by atoms with Gasteiger partial charge < -0.3 is 0 Å². The molecule has 0 amide bonds. The van der Waals surface area contributed by atoms with Crippen molar-refractivity contribution >= 4 is 49.6 Å². The Morgan fingerprint density at radius 3 is 2.40 bits per heavy atom. The summed E-state index contributed by atoms with van der Waals surface area (Å²) in [4.78, 5) is 0. The molecule has 0 aromatic heterocycles. The van der Waals surface area contributed by atoms with E-state index in [2.05, 4.69) is 0 Å². The zero-order valence-corrected chi connectivity index (χ0v) is 13.3. The van der Waals surface area contributed by atoms with Crippen LogP contribution in [0.15, 0.2) is 0 Å². The van der Waals surface area contributed by atoms with Crippen LogP contribution >= 0.6 is 0 Å². The van der Waals surface area contributed by atoms with Crippen molar-refractivity contribution in [1.29, 1.82) is 0 Å². The van der Waals surface area contributed by atoms with E-state index in [0.29, 0.717) is 15.2 Å². The second kappa shape index (κ2) is 7.40. The van der Waals surface area contributed by atoms with Gasteiger partial charge in [0, 0.05) is 0 Å². The number of rotatable bonds is 0. The van der Waals surface area contributed by atoms with Crippen molar-refractivity contribution in [2.24, 2.45) is 0 Å². The molecule has 0 spiro atoms. The van der Waals surface area contributed by atoms with Crippen molar-refractivity contribution in [2.45, 2.75) is 34.7 Å². The van der Waals surface area contributed by atoms with Gasteiger partial charge >= 0.3 is 84.4 Å². The van der Waals surface area contributed by atoms with Gasteiger partial charge in [-0.2, -0.15) is 0 Å². The second-order valence-corrected chi connectivity index (χ2v) is 19.8. The van der Waals surface area contributed by atoms with Crippen LogP contribution in [-0.4, -0.2) is 49.6 Å². The standard InChI is InChI=1S/C3H8SeSi.C3H8SiTe/c2*1-2-4-5-3-1/h1-3,5H2;1-4H2. The van der Waals surface area contributed by atoms with Crippen LogP contribution in [-0.2, 0) is 0 Å². The van der Waals surface area contributed by atoms with Gasteiger partial charge in [0.05, 0.1) is 0 Å². The van der Waals surface area contributed by atoms with Gasteiger partial charge in [-0.1, -0.05) is 0 Å². The maximum absolute atomic E-state index is 1.70. The Labute approximate surface area is 83.7 Å². The van der Waals surface area contributed by atoms with Crippen LogP contribution in [0.3, 0.4) is 0 Å². The van der Waals surface area contributed by atoms with E-state index in [1.54, 1.807) is 34.7 Å². The summed E-state index contributed by atoms with van der Waals surface area (Å²) in [7, 11) is 1.28. The molecule has 10 heavy (non-hydrogen) atoms. The third kappa shape index (κ3) is 5.40. The summed E-state index contributed by atoms with van der Waals surface area (Å²) in [6, 6.07) is 3.36. The van der Waals surface area contributed by atoms with Crippen molar-refractivity contribution < 1.29 is 0 Å². The van der Waals surface area contributed by atoms with Crippen LogP contribution in [0.2, 0.25) is 21.9 Å². The fourth-order valence-corrected chi connectivity index (χ4v) is 18.2. The molecule has 60 valence electrons. The molecule has 0 atom stereocenters. The summed E-state index contributed by atoms with van der Waals surface area (Å²) in [5.41, 5.74) is 0. The van der Waals surface area contributed by atoms with Crippen molar-refractivity contribution in [2.75, 3.05) is 0 Å². The third-order valence-corrected chi connectivity index (χ3v) is 18.7. The molecule has 0 aromatic carbocycles. The van der Waals surface area contributed by atoms with Crippen LogP contribution in [0, 0.1) is 0 Å². The first-order chi connectivity index (χ1) is 5.00. The molecule has 2 rings (SSSR count). The second-order valence-electron chi connectivity index (χ2n) is 2.64. The minimum absolute atomic E-state index is 0.606. The monoisotopic (exact) mass is 354 g/mol. The summed E-state index contributed by atoms with van der Waals surface area (Å²) >= 11 is 1.95. The van der Waals surface area contributed by atoms with Crippen LogP contribution in [0.1, 0.15) is 12.8 Å². The summed E-state index contributed by atoms with van der Waals surface area (Å²) in [6.07, 6.45) is 3.21. The van der Waals surface area contributed by atoms with Gasteiger partial charge in [-0.3, -0.25) is 0 Å². The van der Waals surface area contributed by atoms with E-state index in [1.807, 2.05) is 0 Å². The summed E-state index contributed by atoms with van der Waals surface area (Å²) in [6.45, 7) is 0. The zero-order valence-electron chi connectivity index (χ0n) is 6.47. The first-order valence-corrected chi connectivity index (χ1v) is 18.7. The molecule has 2 aliphatic heterocycles. The molecular formula is C6H16SeSi2Te. The SMILES string of the molecule is C1C[SiH2][Se]C1.C1C[SiH2][Te]C1. The number of hydrogen-bond acceptors (Lipinski definition) is 0. The molecule has 4 heteroatoms. The molecule has 0 unspecified atom stereocenters. The molecule has 0 aliphatic carbocycles. The first-order valence-electron chi connectivity index (χ1n) is 4.15. The van der Waals surface area contributed by atoms with E-state index in [4.69, 9.17) is 0 Å². The molecule has 2 saturated heterocycles. The Morgan fingerprint density at radius 2 is 2.20 bits per heavy atom. The number of hydrogen-bond donors (Lipinski definition) is 0. The van der Waals surface area contributed by atoms with Gasteiger partial charge in [0.2, 0.25) is 0 Å². The van der Waals surface area contributed by atoms with Crippen LogP contribution in [0.5, 0.6) is 0 Å². The van der Waals surface area contributed by atoms with E-state index >= 15 is 0 Å². The Hall–Kier alpha value is 1.74. The average molecular weight is 351 g/mol. The molecule has 0 bridgehead atoms. The minimum atomic E-state index is 0.606. The molecule has 0 saturated carbocycles. The Balaban J connectivity index is 0.0000001000. The molecule has 0 N–H and O–H groups in total. The molecule has 0 aromatic rings. The molecule has 0 radical (unpaired) electrons. The maximum atomic E-state index is 1.70. The molecule has 0 nitrogen and oxygen atoms in total. The first kappa shape index (κ1) is 9.83. The Bertz CT molecular complexity index is 48.9. The van der Waals surface area contributed by atoms with E-state index in [9.17, 15) is 0 Å². The fraction of sp³-hybridized carbons (Fsp3) is 1.00. The van der Waals surface area contributed by atoms with Gasteiger partial charge in [0.25, 0.3) is 0 Å². The Kier molecular flexibility index (Phi) is 7.27. The van der Waals surface area contributed by atoms with Crippen LogP contribution in [0.4, 0.5) is 0 Å². The van der Waals surface area contributed by atoms with Gasteiger partial charge in [-0.05, 0) is 0 Å².